The molecule has 8 nitrogen and oxygen atoms in total. The maximum Gasteiger partial charge on any atom is 0.322 e. The third kappa shape index (κ3) is 3.42. The summed E-state index contributed by atoms with van der Waals surface area (Å²) in [6.45, 7) is 1.99. The minimum Gasteiger partial charge on any atom is -0.480 e. The van der Waals surface area contributed by atoms with Crippen LogP contribution in [0.15, 0.2) is 10.6 Å². The summed E-state index contributed by atoms with van der Waals surface area (Å²) in [5.74, 6) is -0.513. The Morgan fingerprint density at radius 3 is 2.86 bits per heavy atom. The molecule has 1 fully saturated rings. The van der Waals surface area contributed by atoms with E-state index in [0.29, 0.717) is 24.3 Å². The zero-order chi connectivity index (χ0) is 15.6. The molecule has 1 aromatic rings. The van der Waals surface area contributed by atoms with E-state index in [4.69, 9.17) is 4.52 Å². The predicted molar refractivity (Wildman–Crippen MR) is 73.6 cm³/mol. The molecular weight excluding hydrogens is 298 g/mol. The van der Waals surface area contributed by atoms with Crippen molar-refractivity contribution < 1.29 is 22.8 Å². The van der Waals surface area contributed by atoms with Crippen molar-refractivity contribution in [2.45, 2.75) is 38.8 Å². The average molecular weight is 317 g/mol. The Bertz CT molecular complexity index is 612. The Kier molecular flexibility index (Phi) is 4.64. The molecule has 9 heteroatoms. The highest BCUT2D eigenvalue weighted by Crippen LogP contribution is 2.23. The SMILES string of the molecule is Cc1cc(CN(C)S(=O)(=O)N2CCCCC2C(=O)O)no1. The van der Waals surface area contributed by atoms with E-state index in [9.17, 15) is 18.3 Å². The first-order chi connectivity index (χ1) is 9.82. The molecular formula is C12H19N3O5S. The molecule has 1 N–H and O–H groups in total. The molecule has 2 heterocycles. The molecule has 21 heavy (non-hydrogen) atoms. The number of hydrogen-bond donors (Lipinski definition) is 1. The Morgan fingerprint density at radius 2 is 2.29 bits per heavy atom. The fourth-order valence-corrected chi connectivity index (χ4v) is 3.94. The Balaban J connectivity index is 2.17. The number of carboxylic acid groups (broad SMARTS) is 1. The summed E-state index contributed by atoms with van der Waals surface area (Å²) in [5, 5.41) is 12.9. The van der Waals surface area contributed by atoms with Gasteiger partial charge >= 0.3 is 5.97 Å². The average Bonchev–Trinajstić information content (AvgIpc) is 2.84. The number of aryl methyl sites for hydroxylation is 1. The van der Waals surface area contributed by atoms with Gasteiger partial charge in [0, 0.05) is 19.7 Å². The van der Waals surface area contributed by atoms with Crippen LogP contribution in [0, 0.1) is 6.92 Å². The highest BCUT2D eigenvalue weighted by Gasteiger charge is 2.39. The van der Waals surface area contributed by atoms with Crippen LogP contribution in [0.1, 0.15) is 30.7 Å². The van der Waals surface area contributed by atoms with Crippen molar-refractivity contribution in [1.82, 2.24) is 13.8 Å². The zero-order valence-electron chi connectivity index (χ0n) is 12.0. The lowest BCUT2D eigenvalue weighted by Gasteiger charge is -2.34. The Labute approximate surface area is 123 Å². The third-order valence-electron chi connectivity index (χ3n) is 3.49. The number of aromatic nitrogens is 1. The number of rotatable bonds is 5. The topological polar surface area (TPSA) is 104 Å². The van der Waals surface area contributed by atoms with E-state index >= 15 is 0 Å². The predicted octanol–water partition coefficient (Wildman–Crippen LogP) is 0.599. The summed E-state index contributed by atoms with van der Waals surface area (Å²) in [4.78, 5) is 11.2. The molecule has 0 aromatic carbocycles. The molecule has 1 unspecified atom stereocenters. The minimum atomic E-state index is -3.84. The second kappa shape index (κ2) is 6.12. The molecule has 118 valence electrons. The van der Waals surface area contributed by atoms with Crippen LogP contribution in [-0.4, -0.2) is 52.9 Å². The van der Waals surface area contributed by atoms with Gasteiger partial charge in [-0.25, -0.2) is 0 Å². The number of nitrogens with zero attached hydrogens (tertiary/aromatic N) is 3. The van der Waals surface area contributed by atoms with Crippen molar-refractivity contribution in [3.63, 3.8) is 0 Å². The van der Waals surface area contributed by atoms with Gasteiger partial charge in [0.15, 0.2) is 0 Å². The van der Waals surface area contributed by atoms with Crippen molar-refractivity contribution >= 4 is 16.2 Å². The highest BCUT2D eigenvalue weighted by molar-refractivity contribution is 7.86. The lowest BCUT2D eigenvalue weighted by Crippen LogP contribution is -2.52. The molecule has 1 aliphatic rings. The smallest absolute Gasteiger partial charge is 0.322 e. The number of carboxylic acids is 1. The largest absolute Gasteiger partial charge is 0.480 e. The van der Waals surface area contributed by atoms with Crippen LogP contribution in [0.5, 0.6) is 0 Å². The van der Waals surface area contributed by atoms with E-state index in [2.05, 4.69) is 5.16 Å². The van der Waals surface area contributed by atoms with Crippen molar-refractivity contribution in [3.05, 3.63) is 17.5 Å². The van der Waals surface area contributed by atoms with E-state index < -0.39 is 22.2 Å². The summed E-state index contributed by atoms with van der Waals surface area (Å²) in [6.07, 6.45) is 1.72. The molecule has 2 rings (SSSR count). The number of aliphatic carboxylic acids is 1. The standard InChI is InChI=1S/C12H19N3O5S/c1-9-7-10(13-20-9)8-14(2)21(18,19)15-6-4-3-5-11(15)12(16)17/h7,11H,3-6,8H2,1-2H3,(H,16,17). The molecule has 0 aliphatic carbocycles. The molecule has 0 saturated carbocycles. The van der Waals surface area contributed by atoms with E-state index in [1.54, 1.807) is 13.0 Å². The molecule has 1 atom stereocenters. The van der Waals surface area contributed by atoms with Gasteiger partial charge in [0.2, 0.25) is 0 Å². The summed E-state index contributed by atoms with van der Waals surface area (Å²) in [6, 6.07) is 0.655. The second-order valence-corrected chi connectivity index (χ2v) is 7.14. The first-order valence-corrected chi connectivity index (χ1v) is 8.10. The molecule has 1 aliphatic heterocycles. The van der Waals surface area contributed by atoms with Crippen molar-refractivity contribution in [1.29, 1.82) is 0 Å². The van der Waals surface area contributed by atoms with Crippen LogP contribution in [0.2, 0.25) is 0 Å². The lowest BCUT2D eigenvalue weighted by atomic mass is 10.1. The van der Waals surface area contributed by atoms with Gasteiger partial charge in [-0.2, -0.15) is 17.0 Å². The van der Waals surface area contributed by atoms with Crippen LogP contribution in [-0.2, 0) is 21.5 Å². The normalized spacial score (nSPS) is 20.8. The number of piperidine rings is 1. The van der Waals surface area contributed by atoms with Crippen LogP contribution in [0.25, 0.3) is 0 Å². The third-order valence-corrected chi connectivity index (χ3v) is 5.44. The maximum absolute atomic E-state index is 12.5. The van der Waals surface area contributed by atoms with Gasteiger partial charge in [-0.1, -0.05) is 5.16 Å². The van der Waals surface area contributed by atoms with Crippen LogP contribution in [0.3, 0.4) is 0 Å². The molecule has 0 radical (unpaired) electrons. The minimum absolute atomic E-state index is 0.0442. The zero-order valence-corrected chi connectivity index (χ0v) is 12.8. The van der Waals surface area contributed by atoms with E-state index in [-0.39, 0.29) is 13.1 Å². The monoisotopic (exact) mass is 317 g/mol. The van der Waals surface area contributed by atoms with E-state index in [1.165, 1.54) is 7.05 Å². The summed E-state index contributed by atoms with van der Waals surface area (Å²) in [7, 11) is -2.43. The number of carbonyl (C=O) groups is 1. The highest BCUT2D eigenvalue weighted by atomic mass is 32.2. The van der Waals surface area contributed by atoms with Crippen LogP contribution in [0.4, 0.5) is 0 Å². The molecule has 1 aromatic heterocycles. The van der Waals surface area contributed by atoms with Crippen molar-refractivity contribution in [3.8, 4) is 0 Å². The molecule has 0 amide bonds. The van der Waals surface area contributed by atoms with Crippen LogP contribution < -0.4 is 0 Å². The van der Waals surface area contributed by atoms with E-state index in [0.717, 1.165) is 15.0 Å². The van der Waals surface area contributed by atoms with Crippen molar-refractivity contribution in [2.75, 3.05) is 13.6 Å². The number of hydrogen-bond acceptors (Lipinski definition) is 5. The van der Waals surface area contributed by atoms with Crippen LogP contribution >= 0.6 is 0 Å². The molecule has 0 bridgehead atoms. The first-order valence-electron chi connectivity index (χ1n) is 6.70. The van der Waals surface area contributed by atoms with E-state index in [1.807, 2.05) is 0 Å². The maximum atomic E-state index is 12.5. The van der Waals surface area contributed by atoms with Crippen molar-refractivity contribution in [2.24, 2.45) is 0 Å². The summed E-state index contributed by atoms with van der Waals surface area (Å²) < 4.78 is 32.2. The Morgan fingerprint density at radius 1 is 1.57 bits per heavy atom. The molecule has 0 spiro atoms. The second-order valence-electron chi connectivity index (χ2n) is 5.15. The van der Waals surface area contributed by atoms with Gasteiger partial charge in [-0.15, -0.1) is 0 Å². The van der Waals surface area contributed by atoms with Gasteiger partial charge < -0.3 is 9.63 Å². The molecule has 1 saturated heterocycles. The van der Waals surface area contributed by atoms with Gasteiger partial charge in [0.1, 0.15) is 11.8 Å². The fraction of sp³-hybridized carbons (Fsp3) is 0.667. The van der Waals surface area contributed by atoms with Gasteiger partial charge in [0.25, 0.3) is 10.2 Å². The first kappa shape index (κ1) is 15.9. The van der Waals surface area contributed by atoms with Gasteiger partial charge in [-0.3, -0.25) is 4.79 Å². The van der Waals surface area contributed by atoms with Gasteiger partial charge in [0.05, 0.1) is 12.2 Å². The quantitative estimate of drug-likeness (QED) is 0.853. The van der Waals surface area contributed by atoms with Gasteiger partial charge in [-0.05, 0) is 26.2 Å². The Hall–Kier alpha value is -1.45. The summed E-state index contributed by atoms with van der Waals surface area (Å²) >= 11 is 0. The fourth-order valence-electron chi connectivity index (χ4n) is 2.41. The lowest BCUT2D eigenvalue weighted by molar-refractivity contribution is -0.142. The summed E-state index contributed by atoms with van der Waals surface area (Å²) in [5.41, 5.74) is 0.488.